The van der Waals surface area contributed by atoms with Crippen molar-refractivity contribution < 1.29 is 150 Å². The number of ether oxygens (including phenoxy) is 9. The van der Waals surface area contributed by atoms with E-state index < -0.39 is 26.7 Å². The molecule has 13 N–H and O–H groups in total. The number of carbonyl (C=O) groups is 6. The van der Waals surface area contributed by atoms with Crippen molar-refractivity contribution in [2.45, 2.75) is 88.5 Å². The van der Waals surface area contributed by atoms with Crippen LogP contribution in [0.1, 0.15) is 107 Å². The Labute approximate surface area is 824 Å². The van der Waals surface area contributed by atoms with Gasteiger partial charge in [-0.15, -0.1) is 19.0 Å². The van der Waals surface area contributed by atoms with Crippen LogP contribution in [0.25, 0.3) is 43.6 Å². The molecule has 132 heavy (non-hydrogen) atoms. The van der Waals surface area contributed by atoms with E-state index in [0.29, 0.717) is 93.0 Å². The predicted octanol–water partition coefficient (Wildman–Crippen LogP) is 13.1. The number of nitrogens with one attached hydrogen (secondary N) is 7. The zero-order valence-corrected chi connectivity index (χ0v) is 85.0. The predicted molar refractivity (Wildman–Crippen MR) is 504 cm³/mol. The molecule has 0 aliphatic carbocycles. The fraction of sp³-hybridized carbons (Fsp3) is 0.277. The third-order valence-corrected chi connectivity index (χ3v) is 19.6. The number of H-pyrrole nitrogens is 3. The van der Waals surface area contributed by atoms with Crippen LogP contribution in [0.4, 0.5) is 56.9 Å². The second-order valence-corrected chi connectivity index (χ2v) is 28.8. The number of esters is 2. The van der Waals surface area contributed by atoms with E-state index in [4.69, 9.17) is 93.7 Å². The topological polar surface area (TPSA) is 627 Å². The van der Waals surface area contributed by atoms with Gasteiger partial charge in [0.2, 0.25) is 23.6 Å². The van der Waals surface area contributed by atoms with Crippen LogP contribution < -0.4 is 106 Å². The molecular weight excluding hydrogens is 2100 g/mol. The van der Waals surface area contributed by atoms with Gasteiger partial charge in [0.05, 0.1) is 145 Å². The minimum absolute atomic E-state index is 0. The maximum atomic E-state index is 12.7. The van der Waals surface area contributed by atoms with E-state index in [0.717, 1.165) is 72.3 Å². The van der Waals surface area contributed by atoms with Gasteiger partial charge in [0.15, 0.2) is 28.7 Å². The summed E-state index contributed by atoms with van der Waals surface area (Å²) in [4.78, 5) is 162. The molecule has 0 unspecified atom stereocenters. The second kappa shape index (κ2) is 62.6. The average Bonchev–Trinajstić information content (AvgIpc) is 1.16. The number of carbonyl (C=O) groups excluding carboxylic acids is 12. The van der Waals surface area contributed by atoms with Gasteiger partial charge in [-0.1, -0.05) is 27.7 Å². The summed E-state index contributed by atoms with van der Waals surface area (Å²) < 4.78 is 50.0. The van der Waals surface area contributed by atoms with Gasteiger partial charge in [0.25, 0.3) is 17.1 Å². The summed E-state index contributed by atoms with van der Waals surface area (Å²) in [5.41, 5.74) is 26.6. The summed E-state index contributed by atoms with van der Waals surface area (Å²) in [5.74, 6) is 1.42. The monoisotopic (exact) mass is 2190 g/mol. The van der Waals surface area contributed by atoms with Crippen LogP contribution in [0.3, 0.4) is 0 Å². The molecule has 11 aromatic rings. The molecular formula is C83H93Br5ClN14NaO28. The molecule has 0 fully saturated rings. The molecule has 0 saturated carbocycles. The number of nitrogen functional groups attached to an aromatic ring is 3. The first-order valence-electron chi connectivity index (χ1n) is 37.3. The Balaban J connectivity index is 0. The summed E-state index contributed by atoms with van der Waals surface area (Å²) in [6.45, 7) is 17.2. The number of nitrogens with zero attached hydrogens (tertiary/aromatic N) is 4. The first kappa shape index (κ1) is 121. The number of non-ortho nitro benzene ring substituents is 3. The molecule has 4 heterocycles. The molecule has 7 aromatic carbocycles. The Bertz CT molecular complexity index is 5900. The number of amides is 4. The summed E-state index contributed by atoms with van der Waals surface area (Å²) in [6, 6.07) is 25.4. The minimum atomic E-state index is -0.617. The molecule has 11 rings (SSSR count). The van der Waals surface area contributed by atoms with Crippen LogP contribution in [0, 0.1) is 30.3 Å². The molecule has 0 atom stereocenters. The number of hydrogen-bond donors (Lipinski definition) is 10. The number of aryl methyl sites for hydroxylation is 3. The first-order chi connectivity index (χ1) is 61.5. The number of nitrogens with two attached hydrogens (primary N) is 3. The Kier molecular flexibility index (Phi) is 57.6. The van der Waals surface area contributed by atoms with Crippen molar-refractivity contribution in [2.75, 3.05) is 108 Å². The minimum Gasteiger partial charge on any atom is -0.855 e. The number of anilines is 7. The Morgan fingerprint density at radius 3 is 1.20 bits per heavy atom. The molecule has 49 heteroatoms. The van der Waals surface area contributed by atoms with Gasteiger partial charge in [-0.05, 0) is 173 Å². The van der Waals surface area contributed by atoms with Crippen LogP contribution in [-0.2, 0) is 76.7 Å². The zero-order valence-electron chi connectivity index (χ0n) is 74.2. The number of benzene rings is 7. The molecule has 0 radical (unpaired) electrons. The Hall–Kier alpha value is -12.6. The van der Waals surface area contributed by atoms with Crippen LogP contribution in [-0.4, -0.2) is 158 Å². The van der Waals surface area contributed by atoms with Gasteiger partial charge >= 0.3 is 60.0 Å². The standard InChI is InChI=1S/C20H21BrN2O5.C13H15BrN2O2.C11H13BrN2O.C9H9BrN2O4.C9H11BrN2O2.C9H10N2O4.C7H8N2O3.C2H5O.3CO2.ClH.Na/c1-5-10-8-12-15(21)18(26-4)17-14(16(12)22-10)11(19(24)27-6-2)9-13(23-17)20(25)28-7-3;1-4-8-5-9-10(16-8)6-11(15-7(2)17)13(18-3)12(9)14;1-3-6-4-7-9(14-6)5-8(13)11(15-2)10(7)12;1-5(13)11-8-4-6(12(14)15)3-7(10)9(8)16-2;1-5(13)12-8-4-6(11)3-7(10)9(8)14-2;1-6(12)10-8-5-7(11(13)14)3-4-9(8)15-2;1-12-7-3-2-5(9(10)11)4-6(7)8;1-2-3;3*2-1-3;;/h8-9,22H,5-7H2,1-4H3;5-6,16H,4H2,1-3H3,(H,15,17);4-5,14H,3,13H2,1-2H3;3-4H,1-2H3,(H,11,13);3-4H,11H2,1-2H3,(H,12,13);3-5H,1-2H3,(H,10,12);2-4H,8H2,1H3;2H2,1H3;;;;1H;/q;;;;;;;-1;;;;;+1. The number of nitro benzene ring substituents is 3. The maximum absolute atomic E-state index is 12.7. The van der Waals surface area contributed by atoms with E-state index >= 15 is 0 Å². The fourth-order valence-electron chi connectivity index (χ4n) is 11.0. The van der Waals surface area contributed by atoms with Gasteiger partial charge < -0.3 is 101 Å². The maximum Gasteiger partial charge on any atom is 1.00 e. The molecule has 0 saturated heterocycles. The second-order valence-electron chi connectivity index (χ2n) is 24.7. The normalized spacial score (nSPS) is 9.48. The zero-order chi connectivity index (χ0) is 99.1. The summed E-state index contributed by atoms with van der Waals surface area (Å²) in [7, 11) is 10.5. The number of fused-ring (bicyclic) bond motifs is 5. The van der Waals surface area contributed by atoms with Crippen molar-refractivity contribution in [1.29, 1.82) is 0 Å². The first-order valence-corrected chi connectivity index (χ1v) is 41.3. The molecule has 42 nitrogen and oxygen atoms in total. The van der Waals surface area contributed by atoms with Gasteiger partial charge in [0.1, 0.15) is 22.7 Å². The van der Waals surface area contributed by atoms with Crippen molar-refractivity contribution in [2.24, 2.45) is 0 Å². The van der Waals surface area contributed by atoms with Gasteiger partial charge in [-0.3, -0.25) is 49.5 Å². The van der Waals surface area contributed by atoms with Crippen LogP contribution in [0.15, 0.2) is 119 Å². The van der Waals surface area contributed by atoms with E-state index in [9.17, 15) is 59.1 Å². The largest absolute Gasteiger partial charge is 1.00 e. The Morgan fingerprint density at radius 2 is 0.795 bits per heavy atom. The van der Waals surface area contributed by atoms with Crippen molar-refractivity contribution in [3.63, 3.8) is 0 Å². The number of aromatic amines is 3. The number of aromatic nitrogens is 4. The van der Waals surface area contributed by atoms with Gasteiger partial charge in [-0.2, -0.15) is 28.8 Å². The third kappa shape index (κ3) is 37.0. The molecule has 0 bridgehead atoms. The van der Waals surface area contributed by atoms with E-state index in [1.54, 1.807) is 47.1 Å². The van der Waals surface area contributed by atoms with E-state index in [2.05, 4.69) is 147 Å². The fourth-order valence-corrected chi connectivity index (χ4v) is 14.3. The SMILES string of the molecule is CCOC(=O)c1cc(C(=O)OCC)c2c(n1)c(OC)c(Br)c1cc(CC)[nH]c12.CC[O-].CCc1cc2c(Br)c(OC)c(N)cc2[nH]1.CCc1cc2c(Br)c(OC)c(NC(C)=O)cc2[nH]1.COc1c(Br)cc(N)cc1NC(C)=O.COc1c(Br)cc([N+](=O)[O-])cc1NC(C)=O.COc1ccc([N+](=O)[O-])cc1N.COc1ccc([N+](=O)[O-])cc1NC(C)=O.Cl.O=C=O.O=C=O.O=C=O.[Na+]. The van der Waals surface area contributed by atoms with Crippen molar-refractivity contribution >= 4 is 247 Å². The summed E-state index contributed by atoms with van der Waals surface area (Å²) >= 11 is 17.0. The molecule has 4 aromatic heterocycles. The molecule has 0 spiro atoms. The van der Waals surface area contributed by atoms with E-state index in [1.807, 2.05) is 25.1 Å². The Morgan fingerprint density at radius 1 is 0.432 bits per heavy atom. The number of nitro groups is 3. The van der Waals surface area contributed by atoms with Crippen LogP contribution in [0.5, 0.6) is 40.2 Å². The molecule has 0 aliphatic rings. The van der Waals surface area contributed by atoms with E-state index in [-0.39, 0.29) is 144 Å². The van der Waals surface area contributed by atoms with E-state index in [1.165, 1.54) is 124 Å². The molecule has 4 amide bonds. The smallest absolute Gasteiger partial charge is 0.855 e. The summed E-state index contributed by atoms with van der Waals surface area (Å²) in [6.07, 6.45) is 3.44. The molecule has 706 valence electrons. The third-order valence-electron chi connectivity index (χ3n) is 16.1. The van der Waals surface area contributed by atoms with Gasteiger partial charge in [-0.25, -0.2) is 14.6 Å². The summed E-state index contributed by atoms with van der Waals surface area (Å²) in [5, 5.41) is 54.2. The average molecular weight is 2190 g/mol. The number of hydrogen-bond acceptors (Lipinski definition) is 32. The van der Waals surface area contributed by atoms with Crippen LogP contribution in [0.2, 0.25) is 0 Å². The van der Waals surface area contributed by atoms with Crippen molar-refractivity contribution in [3.05, 3.63) is 178 Å². The number of halogens is 6. The number of pyridine rings is 1. The van der Waals surface area contributed by atoms with Crippen LogP contribution >= 0.6 is 92.1 Å². The molecule has 0 aliphatic heterocycles. The number of methoxy groups -OCH3 is 7. The van der Waals surface area contributed by atoms with Crippen molar-refractivity contribution in [1.82, 2.24) is 19.9 Å². The van der Waals surface area contributed by atoms with Gasteiger partial charge in [0, 0.05) is 119 Å². The number of rotatable bonds is 21. The quantitative estimate of drug-likeness (QED) is 0.0105. The van der Waals surface area contributed by atoms with Crippen molar-refractivity contribution in [3.8, 4) is 40.2 Å².